The monoisotopic (exact) mass is 353 g/mol. The average molecular weight is 354 g/mol. The topological polar surface area (TPSA) is 41.3 Å². The highest BCUT2D eigenvalue weighted by molar-refractivity contribution is 5.82. The molecule has 0 amide bonds. The van der Waals surface area contributed by atoms with Gasteiger partial charge in [0.25, 0.3) is 0 Å². The summed E-state index contributed by atoms with van der Waals surface area (Å²) in [5, 5.41) is 3.52. The van der Waals surface area contributed by atoms with Gasteiger partial charge in [-0.05, 0) is 55.5 Å². The maximum Gasteiger partial charge on any atom is 0.0458 e. The molecule has 0 spiro atoms. The van der Waals surface area contributed by atoms with Gasteiger partial charge in [-0.2, -0.15) is 0 Å². The molecule has 0 radical (unpaired) electrons. The summed E-state index contributed by atoms with van der Waals surface area (Å²) in [5.41, 5.74) is 14.1. The van der Waals surface area contributed by atoms with E-state index in [2.05, 4.69) is 68.8 Å². The molecule has 26 heavy (non-hydrogen) atoms. The van der Waals surface area contributed by atoms with Crippen LogP contribution in [0.5, 0.6) is 0 Å². The van der Waals surface area contributed by atoms with Crippen LogP contribution in [-0.2, 0) is 0 Å². The molecule has 3 N–H and O–H groups in total. The van der Waals surface area contributed by atoms with Gasteiger partial charge in [-0.3, -0.25) is 0 Å². The fraction of sp³-hybridized carbons (Fsp3) is 0.478. The second kappa shape index (κ2) is 9.63. The summed E-state index contributed by atoms with van der Waals surface area (Å²) < 4.78 is 0. The zero-order valence-corrected chi connectivity index (χ0v) is 17.0. The third kappa shape index (κ3) is 4.79. The second-order valence-electron chi connectivity index (χ2n) is 7.21. The molecule has 0 unspecified atom stereocenters. The summed E-state index contributed by atoms with van der Waals surface area (Å²) in [7, 11) is 0. The Morgan fingerprint density at radius 2 is 1.88 bits per heavy atom. The average Bonchev–Trinajstić information content (AvgIpc) is 2.76. The molecular formula is C23H35N3. The number of allylic oxidation sites excluding steroid dienone is 2. The number of anilines is 1. The first kappa shape index (κ1) is 20.3. The van der Waals surface area contributed by atoms with Crippen molar-refractivity contribution in [1.82, 2.24) is 4.90 Å². The summed E-state index contributed by atoms with van der Waals surface area (Å²) in [6.45, 7) is 15.8. The molecule has 0 saturated heterocycles. The Morgan fingerprint density at radius 3 is 2.54 bits per heavy atom. The number of nitrogens with two attached hydrogens (primary N) is 1. The van der Waals surface area contributed by atoms with E-state index >= 15 is 0 Å². The molecule has 0 atom stereocenters. The van der Waals surface area contributed by atoms with E-state index in [0.29, 0.717) is 6.54 Å². The standard InChI is InChI=1S/C23H35N3/c1-6-8-9-13-26(12-7-2)19(5)20-10-11-23-22(15-20)17(3)14-21(16-24)18(4)25-23/h10-11,14-15,25H,5-9,12-13,16,24H2,1-4H3. The Kier molecular flexibility index (Phi) is 7.52. The van der Waals surface area contributed by atoms with Crippen LogP contribution in [0.1, 0.15) is 64.5 Å². The van der Waals surface area contributed by atoms with Crippen LogP contribution in [0, 0.1) is 0 Å². The largest absolute Gasteiger partial charge is 0.372 e. The number of nitrogens with one attached hydrogen (secondary N) is 1. The number of fused-ring (bicyclic) bond motifs is 1. The van der Waals surface area contributed by atoms with Crippen molar-refractivity contribution in [3.8, 4) is 0 Å². The predicted octanol–water partition coefficient (Wildman–Crippen LogP) is 5.62. The lowest BCUT2D eigenvalue weighted by atomic mass is 9.99. The van der Waals surface area contributed by atoms with Crippen LogP contribution in [0.4, 0.5) is 5.69 Å². The zero-order valence-electron chi connectivity index (χ0n) is 17.0. The minimum atomic E-state index is 0.547. The Balaban J connectivity index is 2.29. The zero-order chi connectivity index (χ0) is 19.1. The molecule has 0 fully saturated rings. The van der Waals surface area contributed by atoms with Crippen molar-refractivity contribution >= 4 is 17.0 Å². The summed E-state index contributed by atoms with van der Waals surface area (Å²) in [6, 6.07) is 6.63. The van der Waals surface area contributed by atoms with Gasteiger partial charge in [-0.1, -0.05) is 45.4 Å². The lowest BCUT2D eigenvalue weighted by Gasteiger charge is -2.27. The minimum absolute atomic E-state index is 0.547. The van der Waals surface area contributed by atoms with Gasteiger partial charge in [0.05, 0.1) is 0 Å². The number of hydrogen-bond donors (Lipinski definition) is 2. The van der Waals surface area contributed by atoms with E-state index in [-0.39, 0.29) is 0 Å². The van der Waals surface area contributed by atoms with Gasteiger partial charge in [-0.15, -0.1) is 0 Å². The van der Waals surface area contributed by atoms with E-state index in [4.69, 9.17) is 5.73 Å². The molecule has 0 bridgehead atoms. The van der Waals surface area contributed by atoms with Crippen LogP contribution in [0.25, 0.3) is 11.3 Å². The van der Waals surface area contributed by atoms with Crippen LogP contribution >= 0.6 is 0 Å². The lowest BCUT2D eigenvalue weighted by Crippen LogP contribution is -2.24. The first-order valence-electron chi connectivity index (χ1n) is 9.95. The van der Waals surface area contributed by atoms with Gasteiger partial charge < -0.3 is 16.0 Å². The third-order valence-electron chi connectivity index (χ3n) is 5.10. The van der Waals surface area contributed by atoms with Crippen LogP contribution < -0.4 is 11.1 Å². The summed E-state index contributed by atoms with van der Waals surface area (Å²) >= 11 is 0. The van der Waals surface area contributed by atoms with Crippen molar-refractivity contribution in [1.29, 1.82) is 0 Å². The van der Waals surface area contributed by atoms with Gasteiger partial charge >= 0.3 is 0 Å². The molecule has 1 aromatic carbocycles. The molecule has 142 valence electrons. The van der Waals surface area contributed by atoms with E-state index in [1.54, 1.807) is 0 Å². The number of nitrogens with zero attached hydrogens (tertiary/aromatic N) is 1. The molecule has 0 saturated carbocycles. The first-order valence-corrected chi connectivity index (χ1v) is 9.95. The molecule has 1 aromatic rings. The molecule has 3 nitrogen and oxygen atoms in total. The Morgan fingerprint density at radius 1 is 1.12 bits per heavy atom. The molecule has 0 aliphatic carbocycles. The molecule has 3 heteroatoms. The number of rotatable bonds is 9. The third-order valence-corrected chi connectivity index (χ3v) is 5.10. The molecule has 1 aliphatic rings. The second-order valence-corrected chi connectivity index (χ2v) is 7.21. The smallest absolute Gasteiger partial charge is 0.0458 e. The van der Waals surface area contributed by atoms with E-state index in [9.17, 15) is 0 Å². The van der Waals surface area contributed by atoms with Gasteiger partial charge in [0.2, 0.25) is 0 Å². The highest BCUT2D eigenvalue weighted by Gasteiger charge is 2.15. The molecule has 2 rings (SSSR count). The minimum Gasteiger partial charge on any atom is -0.372 e. The fourth-order valence-corrected chi connectivity index (χ4v) is 3.49. The van der Waals surface area contributed by atoms with Crippen LogP contribution in [-0.4, -0.2) is 24.5 Å². The maximum atomic E-state index is 5.91. The quantitative estimate of drug-likeness (QED) is 0.566. The fourth-order valence-electron chi connectivity index (χ4n) is 3.49. The predicted molar refractivity (Wildman–Crippen MR) is 116 cm³/mol. The van der Waals surface area contributed by atoms with Crippen molar-refractivity contribution in [3.63, 3.8) is 0 Å². The number of unbranched alkanes of at least 4 members (excludes halogenated alkanes) is 2. The van der Waals surface area contributed by atoms with E-state index in [1.807, 2.05) is 0 Å². The van der Waals surface area contributed by atoms with Crippen molar-refractivity contribution in [2.75, 3.05) is 25.0 Å². The lowest BCUT2D eigenvalue weighted by molar-refractivity contribution is 0.384. The van der Waals surface area contributed by atoms with Crippen molar-refractivity contribution in [2.45, 2.75) is 53.4 Å². The number of benzene rings is 1. The van der Waals surface area contributed by atoms with Gasteiger partial charge in [0.15, 0.2) is 0 Å². The summed E-state index contributed by atoms with van der Waals surface area (Å²) in [6.07, 6.45) is 7.09. The van der Waals surface area contributed by atoms with Crippen LogP contribution in [0.2, 0.25) is 0 Å². The van der Waals surface area contributed by atoms with Crippen LogP contribution in [0.3, 0.4) is 0 Å². The van der Waals surface area contributed by atoms with Crippen molar-refractivity contribution in [3.05, 3.63) is 53.3 Å². The normalized spacial score (nSPS) is 13.7. The summed E-state index contributed by atoms with van der Waals surface area (Å²) in [5.74, 6) is 0. The van der Waals surface area contributed by atoms with Gasteiger partial charge in [-0.25, -0.2) is 0 Å². The van der Waals surface area contributed by atoms with Crippen molar-refractivity contribution < 1.29 is 0 Å². The highest BCUT2D eigenvalue weighted by Crippen LogP contribution is 2.33. The summed E-state index contributed by atoms with van der Waals surface area (Å²) in [4.78, 5) is 2.44. The molecular weight excluding hydrogens is 318 g/mol. The van der Waals surface area contributed by atoms with Gasteiger partial charge in [0.1, 0.15) is 0 Å². The Labute approximate surface area is 159 Å². The molecule has 1 heterocycles. The molecule has 1 aliphatic heterocycles. The Hall–Kier alpha value is -2.00. The van der Waals surface area contributed by atoms with Gasteiger partial charge in [0, 0.05) is 42.3 Å². The van der Waals surface area contributed by atoms with Crippen LogP contribution in [0.15, 0.2) is 42.1 Å². The van der Waals surface area contributed by atoms with Crippen molar-refractivity contribution in [2.24, 2.45) is 5.73 Å². The SMILES string of the molecule is C=C(c1ccc2c(c1)C(C)=CC(CN)=C(C)N2)N(CCC)CCCCC. The first-order chi connectivity index (χ1) is 12.5. The van der Waals surface area contributed by atoms with E-state index < -0.39 is 0 Å². The highest BCUT2D eigenvalue weighted by atomic mass is 15.1. The maximum absolute atomic E-state index is 5.91. The van der Waals surface area contributed by atoms with E-state index in [0.717, 1.165) is 42.2 Å². The number of hydrogen-bond acceptors (Lipinski definition) is 3. The van der Waals surface area contributed by atoms with E-state index in [1.165, 1.54) is 36.0 Å². The molecule has 0 aromatic heterocycles. The Bertz CT molecular complexity index is 697.